The first kappa shape index (κ1) is 14.1. The van der Waals surface area contributed by atoms with Crippen LogP contribution in [0.3, 0.4) is 0 Å². The molecule has 0 saturated carbocycles. The van der Waals surface area contributed by atoms with Crippen molar-refractivity contribution in [2.75, 3.05) is 10.0 Å². The first-order valence-corrected chi connectivity index (χ1v) is 10.4. The lowest BCUT2D eigenvalue weighted by Gasteiger charge is -2.14. The third kappa shape index (κ3) is 4.22. The molecular weight excluding hydrogens is 414 g/mol. The number of amides is 1. The average molecular weight is 440 g/mol. The number of thiophene rings is 1. The molecule has 1 amide bonds. The van der Waals surface area contributed by atoms with Gasteiger partial charge in [-0.3, -0.25) is 9.59 Å². The molecule has 0 aliphatic rings. The van der Waals surface area contributed by atoms with Gasteiger partial charge in [-0.25, -0.2) is 13.1 Å². The minimum Gasteiger partial charge on any atom is -0.338 e. The largest absolute Gasteiger partial charge is 0.338 e. The Kier molecular flexibility index (Phi) is 3.79. The van der Waals surface area contributed by atoms with Crippen molar-refractivity contribution in [2.45, 2.75) is 32.5 Å². The minimum atomic E-state index is -4.58. The van der Waals surface area contributed by atoms with Crippen LogP contribution in [0.2, 0.25) is 0 Å². The molecule has 2 heterocycles. The van der Waals surface area contributed by atoms with Gasteiger partial charge in [0.2, 0.25) is 5.88 Å². The SMILES string of the molecule is [2H]c1noc(NS(=O)(=O)c2ccsc2C(=O)Nc2c(C)c([2H])c(C)c([2H])c2C(C)=O)c1C([2H])([2H])[2H]. The summed E-state index contributed by atoms with van der Waals surface area (Å²) in [7, 11) is -4.58. The average Bonchev–Trinajstić information content (AvgIpc) is 3.37. The van der Waals surface area contributed by atoms with Gasteiger partial charge in [0.15, 0.2) is 5.78 Å². The number of carbonyl (C=O) groups excluding carboxylic acids is 2. The number of nitrogens with zero attached hydrogens (tertiary/aromatic N) is 1. The number of sulfonamides is 1. The van der Waals surface area contributed by atoms with E-state index < -0.39 is 51.1 Å². The van der Waals surface area contributed by atoms with E-state index in [1.807, 2.05) is 4.72 Å². The Bertz CT molecular complexity index is 1460. The van der Waals surface area contributed by atoms with E-state index in [1.54, 1.807) is 0 Å². The summed E-state index contributed by atoms with van der Waals surface area (Å²) in [5, 5.41) is 6.94. The molecule has 10 heteroatoms. The maximum absolute atomic E-state index is 13.1. The summed E-state index contributed by atoms with van der Waals surface area (Å²) in [6.07, 6.45) is -0.769. The molecule has 152 valence electrons. The van der Waals surface area contributed by atoms with E-state index in [2.05, 4.69) is 15.0 Å². The molecular formula is C19H19N3O5S2. The Morgan fingerprint density at radius 3 is 2.72 bits per heavy atom. The van der Waals surface area contributed by atoms with E-state index in [4.69, 9.17) is 8.22 Å². The zero-order valence-electron chi connectivity index (χ0n) is 21.5. The quantitative estimate of drug-likeness (QED) is 0.562. The molecule has 0 aliphatic carbocycles. The molecule has 0 unspecified atom stereocenters. The molecule has 8 nitrogen and oxygen atoms in total. The predicted molar refractivity (Wildman–Crippen MR) is 110 cm³/mol. The molecule has 29 heavy (non-hydrogen) atoms. The van der Waals surface area contributed by atoms with Crippen LogP contribution in [-0.4, -0.2) is 25.3 Å². The second kappa shape index (κ2) is 7.80. The van der Waals surface area contributed by atoms with Gasteiger partial charge in [-0.2, -0.15) is 0 Å². The number of hydrogen-bond acceptors (Lipinski definition) is 7. The van der Waals surface area contributed by atoms with Crippen molar-refractivity contribution in [3.8, 4) is 0 Å². The number of aromatic nitrogens is 1. The Labute approximate surface area is 180 Å². The molecule has 2 N–H and O–H groups in total. The smallest absolute Gasteiger partial charge is 0.267 e. The summed E-state index contributed by atoms with van der Waals surface area (Å²) >= 11 is 0.757. The molecule has 0 fully saturated rings. The summed E-state index contributed by atoms with van der Waals surface area (Å²) in [5.41, 5.74) is -0.458. The number of nitrogens with one attached hydrogen (secondary N) is 2. The predicted octanol–water partition coefficient (Wildman–Crippen LogP) is 3.92. The number of hydrogen-bond donors (Lipinski definition) is 2. The van der Waals surface area contributed by atoms with Crippen molar-refractivity contribution in [3.05, 3.63) is 56.8 Å². The number of ketones is 1. The number of anilines is 2. The highest BCUT2D eigenvalue weighted by Crippen LogP contribution is 2.29. The summed E-state index contributed by atoms with van der Waals surface area (Å²) < 4.78 is 78.9. The fraction of sp³-hybridized carbons (Fsp3) is 0.211. The molecule has 0 saturated heterocycles. The van der Waals surface area contributed by atoms with E-state index >= 15 is 0 Å². The van der Waals surface area contributed by atoms with Crippen molar-refractivity contribution < 1.29 is 30.8 Å². The van der Waals surface area contributed by atoms with Crippen LogP contribution in [0, 0.1) is 20.7 Å². The van der Waals surface area contributed by atoms with Crippen LogP contribution >= 0.6 is 11.3 Å². The molecule has 1 aromatic carbocycles. The Hall–Kier alpha value is -2.98. The van der Waals surface area contributed by atoms with Crippen molar-refractivity contribution in [1.29, 1.82) is 0 Å². The van der Waals surface area contributed by atoms with Crippen molar-refractivity contribution in [1.82, 2.24) is 5.16 Å². The van der Waals surface area contributed by atoms with E-state index in [0.29, 0.717) is 0 Å². The lowest BCUT2D eigenvalue weighted by molar-refractivity contribution is 0.101. The van der Waals surface area contributed by atoms with Crippen molar-refractivity contribution in [3.63, 3.8) is 0 Å². The summed E-state index contributed by atoms with van der Waals surface area (Å²) in [4.78, 5) is 24.4. The van der Waals surface area contributed by atoms with Gasteiger partial charge in [0, 0.05) is 15.2 Å². The number of Topliss-reactive ketones (excluding diaryl/α,β-unsaturated/α-hetero) is 1. The Balaban J connectivity index is 2.03. The molecule has 3 rings (SSSR count). The molecule has 2 aromatic heterocycles. The maximum Gasteiger partial charge on any atom is 0.267 e. The molecule has 0 aliphatic heterocycles. The zero-order chi connectivity index (χ0) is 26.5. The normalized spacial score (nSPS) is 14.7. The minimum absolute atomic E-state index is 0.0512. The standard InChI is InChI=1S/C19H19N3O5S2/c1-10-7-11(2)16(14(8-10)13(4)23)21-18(24)17-15(5-6-28-17)29(25,26)22-19-12(3)9-20-27-19/h5-9,22H,1-4H3,(H,21,24)/i3D3,7D,8D,9D. The third-order valence-electron chi connectivity index (χ3n) is 3.78. The number of benzene rings is 1. The second-order valence-electron chi connectivity index (χ2n) is 5.98. The van der Waals surface area contributed by atoms with Crippen LogP contribution in [0.15, 0.2) is 39.1 Å². The molecule has 0 radical (unpaired) electrons. The van der Waals surface area contributed by atoms with E-state index in [1.165, 1.54) is 26.2 Å². The summed E-state index contributed by atoms with van der Waals surface area (Å²) in [6.45, 7) is 1.31. The first-order valence-electron chi connectivity index (χ1n) is 11.1. The maximum atomic E-state index is 13.1. The van der Waals surface area contributed by atoms with E-state index in [-0.39, 0.29) is 39.3 Å². The van der Waals surface area contributed by atoms with Crippen LogP contribution in [0.5, 0.6) is 0 Å². The van der Waals surface area contributed by atoms with Crippen molar-refractivity contribution >= 4 is 44.6 Å². The second-order valence-corrected chi connectivity index (χ2v) is 8.55. The lowest BCUT2D eigenvalue weighted by Crippen LogP contribution is -2.20. The topological polar surface area (TPSA) is 118 Å². The van der Waals surface area contributed by atoms with Gasteiger partial charge in [-0.15, -0.1) is 11.3 Å². The monoisotopic (exact) mass is 439 g/mol. The Morgan fingerprint density at radius 1 is 1.28 bits per heavy atom. The highest BCUT2D eigenvalue weighted by Gasteiger charge is 2.27. The first-order chi connectivity index (χ1) is 16.1. The highest BCUT2D eigenvalue weighted by atomic mass is 32.2. The van der Waals surface area contributed by atoms with Crippen LogP contribution in [-0.2, 0) is 10.0 Å². The van der Waals surface area contributed by atoms with Gasteiger partial charge >= 0.3 is 0 Å². The third-order valence-corrected chi connectivity index (χ3v) is 6.19. The van der Waals surface area contributed by atoms with Gasteiger partial charge in [0.25, 0.3) is 15.9 Å². The molecule has 0 atom stereocenters. The number of carbonyl (C=O) groups is 2. The van der Waals surface area contributed by atoms with E-state index in [9.17, 15) is 18.0 Å². The molecule has 0 bridgehead atoms. The summed E-state index contributed by atoms with van der Waals surface area (Å²) in [6, 6.07) is 0.830. The van der Waals surface area contributed by atoms with Gasteiger partial charge < -0.3 is 9.84 Å². The van der Waals surface area contributed by atoms with Crippen LogP contribution in [0.25, 0.3) is 0 Å². The van der Waals surface area contributed by atoms with Crippen LogP contribution < -0.4 is 10.0 Å². The highest BCUT2D eigenvalue weighted by molar-refractivity contribution is 7.93. The summed E-state index contributed by atoms with van der Waals surface area (Å²) in [5.74, 6) is -2.23. The van der Waals surface area contributed by atoms with Gasteiger partial charge in [-0.05, 0) is 56.2 Å². The number of rotatable bonds is 6. The zero-order valence-corrected chi connectivity index (χ0v) is 17.1. The van der Waals surface area contributed by atoms with Crippen LogP contribution in [0.4, 0.5) is 11.6 Å². The van der Waals surface area contributed by atoms with Crippen LogP contribution in [0.1, 0.15) is 51.9 Å². The fourth-order valence-corrected chi connectivity index (χ4v) is 4.85. The van der Waals surface area contributed by atoms with Gasteiger partial charge in [0.1, 0.15) is 9.77 Å². The van der Waals surface area contributed by atoms with Gasteiger partial charge in [-0.1, -0.05) is 11.2 Å². The van der Waals surface area contributed by atoms with Gasteiger partial charge in [0.05, 0.1) is 16.0 Å². The fourth-order valence-electron chi connectivity index (χ4n) is 2.53. The molecule has 0 spiro atoms. The van der Waals surface area contributed by atoms with E-state index in [0.717, 1.165) is 17.4 Å². The van der Waals surface area contributed by atoms with Crippen molar-refractivity contribution in [2.24, 2.45) is 0 Å². The Morgan fingerprint density at radius 2 is 2.03 bits per heavy atom. The molecule has 3 aromatic rings. The lowest BCUT2D eigenvalue weighted by atomic mass is 10.0.